The summed E-state index contributed by atoms with van der Waals surface area (Å²) in [5.41, 5.74) is -4.39. The van der Waals surface area contributed by atoms with Gasteiger partial charge in [0, 0.05) is 29.3 Å². The average molecular weight is 780 g/mol. The molecule has 1 aromatic heterocycles. The second kappa shape index (κ2) is 14.0. The number of nitrogens with zero attached hydrogens (tertiary/aromatic N) is 2. The Bertz CT molecular complexity index is 1950. The van der Waals surface area contributed by atoms with E-state index >= 15 is 0 Å². The molecule has 1 aromatic carbocycles. The summed E-state index contributed by atoms with van der Waals surface area (Å²) in [6, 6.07) is 2.22. The van der Waals surface area contributed by atoms with Gasteiger partial charge in [-0.1, -0.05) is 39.8 Å². The van der Waals surface area contributed by atoms with Crippen LogP contribution in [0.4, 0.5) is 18.0 Å². The lowest BCUT2D eigenvalue weighted by Gasteiger charge is -2.36. The molecule has 296 valence electrons. The van der Waals surface area contributed by atoms with Crippen molar-refractivity contribution in [1.29, 1.82) is 0 Å². The number of aromatic nitrogens is 1. The topological polar surface area (TPSA) is 173 Å². The molecule has 1 saturated heterocycles. The molecule has 2 aromatic rings. The molecule has 3 aliphatic rings. The Hall–Kier alpha value is -4.41. The van der Waals surface area contributed by atoms with Gasteiger partial charge in [-0.15, -0.1) is 6.58 Å². The lowest BCUT2D eigenvalue weighted by molar-refractivity contribution is -0.143. The zero-order chi connectivity index (χ0) is 40.2. The summed E-state index contributed by atoms with van der Waals surface area (Å²) < 4.78 is 80.6. The van der Waals surface area contributed by atoms with Crippen LogP contribution in [0.3, 0.4) is 0 Å². The molecule has 0 spiro atoms. The molecule has 0 unspecified atom stereocenters. The van der Waals surface area contributed by atoms with Crippen molar-refractivity contribution >= 4 is 44.6 Å². The molecule has 17 heteroatoms. The third kappa shape index (κ3) is 8.15. The van der Waals surface area contributed by atoms with Gasteiger partial charge in [0.2, 0.25) is 27.7 Å². The van der Waals surface area contributed by atoms with Gasteiger partial charge >= 0.3 is 12.3 Å². The number of sulfonamides is 1. The van der Waals surface area contributed by atoms with E-state index in [2.05, 4.69) is 26.9 Å². The number of ether oxygens (including phenoxy) is 2. The van der Waals surface area contributed by atoms with Gasteiger partial charge in [0.15, 0.2) is 0 Å². The van der Waals surface area contributed by atoms with Crippen molar-refractivity contribution in [2.75, 3.05) is 6.54 Å². The smallest absolute Gasteiger partial charge is 0.417 e. The maximum atomic E-state index is 14.5. The maximum absolute atomic E-state index is 14.5. The van der Waals surface area contributed by atoms with Gasteiger partial charge in [0.25, 0.3) is 5.91 Å². The largest absolute Gasteiger partial charge is 0.472 e. The van der Waals surface area contributed by atoms with Crippen molar-refractivity contribution in [3.05, 3.63) is 48.7 Å². The Morgan fingerprint density at radius 1 is 1.07 bits per heavy atom. The van der Waals surface area contributed by atoms with E-state index in [1.165, 1.54) is 35.4 Å². The summed E-state index contributed by atoms with van der Waals surface area (Å²) in [4.78, 5) is 60.7. The number of amides is 4. The van der Waals surface area contributed by atoms with E-state index in [9.17, 15) is 40.8 Å². The Morgan fingerprint density at radius 2 is 1.74 bits per heavy atom. The fourth-order valence-corrected chi connectivity index (χ4v) is 8.57. The summed E-state index contributed by atoms with van der Waals surface area (Å²) in [7, 11) is -4.08. The highest BCUT2D eigenvalue weighted by Gasteiger charge is 2.63. The Balaban J connectivity index is 1.47. The zero-order valence-corrected chi connectivity index (χ0v) is 32.2. The van der Waals surface area contributed by atoms with Gasteiger partial charge in [0.05, 0.1) is 16.9 Å². The first-order valence-corrected chi connectivity index (χ1v) is 19.3. The van der Waals surface area contributed by atoms with Gasteiger partial charge < -0.3 is 25.0 Å². The van der Waals surface area contributed by atoms with Gasteiger partial charge in [-0.2, -0.15) is 13.2 Å². The van der Waals surface area contributed by atoms with Crippen LogP contribution in [0.5, 0.6) is 5.88 Å². The molecule has 2 saturated carbocycles. The first kappa shape index (κ1) is 40.8. The van der Waals surface area contributed by atoms with Crippen LogP contribution in [0.1, 0.15) is 86.1 Å². The first-order chi connectivity index (χ1) is 24.9. The van der Waals surface area contributed by atoms with E-state index in [-0.39, 0.29) is 36.0 Å². The van der Waals surface area contributed by atoms with Crippen LogP contribution < -0.4 is 20.1 Å². The quantitative estimate of drug-likeness (QED) is 0.266. The highest BCUT2D eigenvalue weighted by molar-refractivity contribution is 7.91. The molecule has 13 nitrogen and oxygen atoms in total. The van der Waals surface area contributed by atoms with Crippen molar-refractivity contribution in [1.82, 2.24) is 25.2 Å². The fraction of sp³-hybridized carbons (Fsp3) is 0.595. The number of hydrogen-bond donors (Lipinski definition) is 3. The molecule has 2 aliphatic carbocycles. The molecule has 1 aliphatic heterocycles. The SMILES string of the molecule is C=C[C@@H]1C[C@]1(NC(=O)[C@@H]1C[C@@H](Oc2nccc3c(C(F)(F)F)cccc23)CN1C(=O)[C@@H](NC(=O)OC(C)(C)C)C(C)(C)C)C(=O)NS(=O)(=O)C1(CC)CC1. The normalized spacial score (nSPS) is 24.3. The number of rotatable bonds is 11. The maximum Gasteiger partial charge on any atom is 0.417 e. The number of benzene rings is 1. The predicted octanol–water partition coefficient (Wildman–Crippen LogP) is 4.99. The molecule has 4 amide bonds. The molecule has 5 atom stereocenters. The van der Waals surface area contributed by atoms with Gasteiger partial charge in [-0.3, -0.25) is 19.1 Å². The number of alkyl carbamates (subject to hydrolysis) is 1. The van der Waals surface area contributed by atoms with Crippen molar-refractivity contribution in [3.8, 4) is 5.88 Å². The van der Waals surface area contributed by atoms with E-state index < -0.39 is 91.0 Å². The number of pyridine rings is 1. The number of nitrogens with one attached hydrogen (secondary N) is 3. The minimum Gasteiger partial charge on any atom is -0.472 e. The van der Waals surface area contributed by atoms with Gasteiger partial charge in [0.1, 0.15) is 29.3 Å². The first-order valence-electron chi connectivity index (χ1n) is 17.8. The monoisotopic (exact) mass is 779 g/mol. The van der Waals surface area contributed by atoms with Crippen molar-refractivity contribution in [2.24, 2.45) is 11.3 Å². The molecule has 2 heterocycles. The predicted molar refractivity (Wildman–Crippen MR) is 192 cm³/mol. The summed E-state index contributed by atoms with van der Waals surface area (Å²) in [6.07, 6.45) is -2.98. The third-order valence-corrected chi connectivity index (χ3v) is 12.6. The molecule has 5 rings (SSSR count). The van der Waals surface area contributed by atoms with Crippen LogP contribution in [0, 0.1) is 11.3 Å². The lowest BCUT2D eigenvalue weighted by Crippen LogP contribution is -2.60. The second-order valence-electron chi connectivity index (χ2n) is 16.4. The van der Waals surface area contributed by atoms with Crippen LogP contribution in [-0.4, -0.2) is 82.7 Å². The lowest BCUT2D eigenvalue weighted by atomic mass is 9.85. The number of alkyl halides is 3. The van der Waals surface area contributed by atoms with Gasteiger partial charge in [-0.05, 0) is 70.1 Å². The summed E-state index contributed by atoms with van der Waals surface area (Å²) in [5.74, 6) is -3.21. The number of hydrogen-bond acceptors (Lipinski definition) is 9. The molecule has 54 heavy (non-hydrogen) atoms. The van der Waals surface area contributed by atoms with Crippen LogP contribution in [0.15, 0.2) is 43.1 Å². The van der Waals surface area contributed by atoms with Crippen LogP contribution >= 0.6 is 0 Å². The van der Waals surface area contributed by atoms with Crippen LogP contribution in [0.2, 0.25) is 0 Å². The molecular weight excluding hydrogens is 731 g/mol. The van der Waals surface area contributed by atoms with Crippen molar-refractivity contribution in [2.45, 2.75) is 121 Å². The molecule has 3 N–H and O–H groups in total. The highest BCUT2D eigenvalue weighted by atomic mass is 32.2. The van der Waals surface area contributed by atoms with E-state index in [0.717, 1.165) is 6.07 Å². The number of carbonyl (C=O) groups excluding carboxylic acids is 4. The molecular formula is C37H48F3N5O8S. The number of fused-ring (bicyclic) bond motifs is 1. The zero-order valence-electron chi connectivity index (χ0n) is 31.4. The van der Waals surface area contributed by atoms with Gasteiger partial charge in [-0.25, -0.2) is 18.2 Å². The Morgan fingerprint density at radius 3 is 2.28 bits per heavy atom. The van der Waals surface area contributed by atoms with Crippen molar-refractivity contribution < 1.29 is 50.2 Å². The van der Waals surface area contributed by atoms with E-state index in [1.807, 2.05) is 0 Å². The summed E-state index contributed by atoms with van der Waals surface area (Å²) in [6.45, 7) is 15.3. The van der Waals surface area contributed by atoms with E-state index in [0.29, 0.717) is 19.3 Å². The fourth-order valence-electron chi connectivity index (χ4n) is 6.90. The highest BCUT2D eigenvalue weighted by Crippen LogP contribution is 2.48. The van der Waals surface area contributed by atoms with E-state index in [1.54, 1.807) is 48.5 Å². The molecule has 0 radical (unpaired) electrons. The Kier molecular flexibility index (Phi) is 10.6. The molecule has 3 fully saturated rings. The summed E-state index contributed by atoms with van der Waals surface area (Å²) >= 11 is 0. The average Bonchev–Trinajstić information content (AvgIpc) is 3.96. The van der Waals surface area contributed by atoms with Crippen molar-refractivity contribution in [3.63, 3.8) is 0 Å². The second-order valence-corrected chi connectivity index (χ2v) is 18.5. The van der Waals surface area contributed by atoms with Crippen LogP contribution in [-0.2, 0) is 35.3 Å². The van der Waals surface area contributed by atoms with E-state index in [4.69, 9.17) is 9.47 Å². The molecule has 0 bridgehead atoms. The number of halogens is 3. The number of carbonyl (C=O) groups is 4. The standard InChI is InChI=1S/C37H48F3N5O8S/c1-9-21-19-36(21,31(48)44-54(50,51)35(10-2)15-16-35)43-28(46)26-18-22(52-29-24-12-11-13-25(37(38,39)40)23(24)14-17-41-29)20-45(26)30(47)27(33(3,4)5)42-32(49)53-34(6,7)8/h9,11-14,17,21-22,26-27H,1,10,15-16,18-20H2,2-8H3,(H,42,49)(H,43,46)(H,44,48)/t21-,22-,26+,27-,36-/m1/s1. The summed E-state index contributed by atoms with van der Waals surface area (Å²) in [5, 5.41) is 5.22. The van der Waals surface area contributed by atoms with Crippen LogP contribution in [0.25, 0.3) is 10.8 Å². The minimum atomic E-state index is -4.66. The minimum absolute atomic E-state index is 0.0512. The third-order valence-electron chi connectivity index (χ3n) is 10.3. The number of likely N-dealkylation sites (tertiary alicyclic amines) is 1. The Labute approximate surface area is 312 Å².